The van der Waals surface area contributed by atoms with Crippen molar-refractivity contribution >= 4 is 5.82 Å². The van der Waals surface area contributed by atoms with Crippen LogP contribution >= 0.6 is 0 Å². The zero-order valence-corrected chi connectivity index (χ0v) is 10.9. The first-order chi connectivity index (χ1) is 8.78. The molecule has 0 saturated carbocycles. The zero-order chi connectivity index (χ0) is 12.8. The largest absolute Gasteiger partial charge is 0.469 e. The van der Waals surface area contributed by atoms with Crippen LogP contribution in [0.1, 0.15) is 31.7 Å². The molecule has 0 aliphatic carbocycles. The number of hydrogen-bond acceptors (Lipinski definition) is 4. The Morgan fingerprint density at radius 1 is 1.39 bits per heavy atom. The van der Waals surface area contributed by atoms with E-state index in [1.165, 1.54) is 0 Å². The van der Waals surface area contributed by atoms with Gasteiger partial charge in [-0.1, -0.05) is 13.3 Å². The number of nitrogens with zero attached hydrogens (tertiary/aromatic N) is 2. The molecule has 0 aliphatic heterocycles. The minimum atomic E-state index is 0.278. The summed E-state index contributed by atoms with van der Waals surface area (Å²) in [5, 5.41) is 3.37. The smallest absolute Gasteiger partial charge is 0.129 e. The summed E-state index contributed by atoms with van der Waals surface area (Å²) >= 11 is 0. The van der Waals surface area contributed by atoms with Crippen LogP contribution in [0.4, 0.5) is 5.82 Å². The Bertz CT molecular complexity index is 468. The Kier molecular flexibility index (Phi) is 4.34. The number of nitrogens with one attached hydrogen (secondary N) is 1. The number of anilines is 1. The molecule has 0 bridgehead atoms. The summed E-state index contributed by atoms with van der Waals surface area (Å²) in [6.45, 7) is 4.26. The van der Waals surface area contributed by atoms with Gasteiger partial charge in [-0.3, -0.25) is 0 Å². The van der Waals surface area contributed by atoms with Gasteiger partial charge in [0, 0.05) is 24.2 Å². The van der Waals surface area contributed by atoms with Gasteiger partial charge in [0.1, 0.15) is 17.9 Å². The highest BCUT2D eigenvalue weighted by Crippen LogP contribution is 2.10. The van der Waals surface area contributed by atoms with E-state index in [0.717, 1.165) is 36.5 Å². The van der Waals surface area contributed by atoms with Crippen LogP contribution in [-0.2, 0) is 12.8 Å². The molecule has 0 radical (unpaired) electrons. The van der Waals surface area contributed by atoms with Gasteiger partial charge in [0.05, 0.1) is 6.26 Å². The summed E-state index contributed by atoms with van der Waals surface area (Å²) < 4.78 is 5.33. The van der Waals surface area contributed by atoms with E-state index in [1.807, 2.05) is 18.2 Å². The highest BCUT2D eigenvalue weighted by molar-refractivity contribution is 5.36. The average molecular weight is 245 g/mol. The number of aryl methyl sites for hydroxylation is 1. The molecule has 2 aromatic heterocycles. The summed E-state index contributed by atoms with van der Waals surface area (Å²) in [6.07, 6.45) is 6.25. The Morgan fingerprint density at radius 3 is 3.00 bits per heavy atom. The minimum absolute atomic E-state index is 0.278. The van der Waals surface area contributed by atoms with E-state index in [1.54, 1.807) is 12.6 Å². The van der Waals surface area contributed by atoms with Crippen molar-refractivity contribution in [2.45, 2.75) is 39.2 Å². The molecule has 0 fully saturated rings. The molecule has 1 atom stereocenters. The third-order valence-corrected chi connectivity index (χ3v) is 2.71. The summed E-state index contributed by atoms with van der Waals surface area (Å²) in [5.74, 6) is 1.87. The molecule has 2 rings (SSSR count). The van der Waals surface area contributed by atoms with Crippen molar-refractivity contribution in [3.8, 4) is 0 Å². The van der Waals surface area contributed by atoms with Gasteiger partial charge in [-0.25, -0.2) is 9.97 Å². The Morgan fingerprint density at radius 2 is 2.28 bits per heavy atom. The highest BCUT2D eigenvalue weighted by atomic mass is 16.3. The molecule has 0 amide bonds. The predicted molar refractivity (Wildman–Crippen MR) is 71.5 cm³/mol. The lowest BCUT2D eigenvalue weighted by Gasteiger charge is -2.13. The monoisotopic (exact) mass is 245 g/mol. The van der Waals surface area contributed by atoms with Gasteiger partial charge in [0.25, 0.3) is 0 Å². The van der Waals surface area contributed by atoms with E-state index < -0.39 is 0 Å². The maximum absolute atomic E-state index is 5.33. The topological polar surface area (TPSA) is 51.0 Å². The number of furan rings is 1. The van der Waals surface area contributed by atoms with E-state index >= 15 is 0 Å². The normalized spacial score (nSPS) is 12.3. The molecular formula is C14H19N3O. The molecule has 1 N–H and O–H groups in total. The van der Waals surface area contributed by atoms with Crippen LogP contribution in [0.25, 0.3) is 0 Å². The first-order valence-corrected chi connectivity index (χ1v) is 6.37. The maximum atomic E-state index is 5.33. The van der Waals surface area contributed by atoms with Crippen LogP contribution in [0.5, 0.6) is 0 Å². The molecular weight excluding hydrogens is 226 g/mol. The third kappa shape index (κ3) is 3.58. The second-order valence-electron chi connectivity index (χ2n) is 4.47. The molecule has 2 heterocycles. The molecule has 96 valence electrons. The lowest BCUT2D eigenvalue weighted by atomic mass is 10.2. The third-order valence-electron chi connectivity index (χ3n) is 2.71. The van der Waals surface area contributed by atoms with Crippen molar-refractivity contribution in [1.29, 1.82) is 0 Å². The first-order valence-electron chi connectivity index (χ1n) is 6.37. The summed E-state index contributed by atoms with van der Waals surface area (Å²) in [5.41, 5.74) is 1.08. The van der Waals surface area contributed by atoms with Gasteiger partial charge in [-0.15, -0.1) is 0 Å². The van der Waals surface area contributed by atoms with E-state index in [-0.39, 0.29) is 6.04 Å². The second-order valence-corrected chi connectivity index (χ2v) is 4.47. The van der Waals surface area contributed by atoms with Gasteiger partial charge in [0.2, 0.25) is 0 Å². The van der Waals surface area contributed by atoms with E-state index in [4.69, 9.17) is 4.42 Å². The van der Waals surface area contributed by atoms with Crippen LogP contribution in [0.2, 0.25) is 0 Å². The summed E-state index contributed by atoms with van der Waals surface area (Å²) in [6, 6.07) is 6.19. The molecule has 18 heavy (non-hydrogen) atoms. The highest BCUT2D eigenvalue weighted by Gasteiger charge is 2.07. The quantitative estimate of drug-likeness (QED) is 0.849. The van der Waals surface area contributed by atoms with Crippen LogP contribution < -0.4 is 5.32 Å². The molecule has 2 aromatic rings. The van der Waals surface area contributed by atoms with Crippen LogP contribution in [0.3, 0.4) is 0 Å². The van der Waals surface area contributed by atoms with Gasteiger partial charge < -0.3 is 9.73 Å². The second kappa shape index (κ2) is 6.19. The Balaban J connectivity index is 1.93. The lowest BCUT2D eigenvalue weighted by molar-refractivity contribution is 0.497. The number of rotatable bonds is 6. The van der Waals surface area contributed by atoms with Crippen molar-refractivity contribution in [3.63, 3.8) is 0 Å². The fourth-order valence-corrected chi connectivity index (χ4v) is 1.90. The van der Waals surface area contributed by atoms with Crippen LogP contribution in [-0.4, -0.2) is 16.0 Å². The predicted octanol–water partition coefficient (Wildman–Crippen LogP) is 3.07. The van der Waals surface area contributed by atoms with Gasteiger partial charge in [-0.05, 0) is 25.5 Å². The standard InChI is InChI=1S/C14H19N3O/c1-3-5-12-9-14(16-10-15-12)17-11(2)8-13-6-4-7-18-13/h4,6-7,9-11H,3,5,8H2,1-2H3,(H,15,16,17). The summed E-state index contributed by atoms with van der Waals surface area (Å²) in [4.78, 5) is 8.48. The zero-order valence-electron chi connectivity index (χ0n) is 10.9. The van der Waals surface area contributed by atoms with Crippen LogP contribution in [0.15, 0.2) is 35.2 Å². The van der Waals surface area contributed by atoms with Crippen molar-refractivity contribution in [3.05, 3.63) is 42.2 Å². The molecule has 4 heteroatoms. The van der Waals surface area contributed by atoms with E-state index in [2.05, 4.69) is 29.1 Å². The van der Waals surface area contributed by atoms with E-state index in [0.29, 0.717) is 0 Å². The maximum Gasteiger partial charge on any atom is 0.129 e. The lowest BCUT2D eigenvalue weighted by Crippen LogP contribution is -2.18. The molecule has 1 unspecified atom stereocenters. The van der Waals surface area contributed by atoms with Gasteiger partial charge >= 0.3 is 0 Å². The molecule has 0 aliphatic rings. The summed E-state index contributed by atoms with van der Waals surface area (Å²) in [7, 11) is 0. The molecule has 0 saturated heterocycles. The SMILES string of the molecule is CCCc1cc(NC(C)Cc2ccco2)ncn1. The van der Waals surface area contributed by atoms with Crippen molar-refractivity contribution in [2.75, 3.05) is 5.32 Å². The Labute approximate surface area is 107 Å². The fourth-order valence-electron chi connectivity index (χ4n) is 1.90. The number of hydrogen-bond donors (Lipinski definition) is 1. The van der Waals surface area contributed by atoms with Gasteiger partial charge in [0.15, 0.2) is 0 Å². The molecule has 0 spiro atoms. The van der Waals surface area contributed by atoms with E-state index in [9.17, 15) is 0 Å². The van der Waals surface area contributed by atoms with Crippen molar-refractivity contribution in [2.24, 2.45) is 0 Å². The van der Waals surface area contributed by atoms with Crippen LogP contribution in [0, 0.1) is 0 Å². The van der Waals surface area contributed by atoms with Gasteiger partial charge in [-0.2, -0.15) is 0 Å². The fraction of sp³-hybridized carbons (Fsp3) is 0.429. The van der Waals surface area contributed by atoms with Crippen molar-refractivity contribution in [1.82, 2.24) is 9.97 Å². The number of aromatic nitrogens is 2. The minimum Gasteiger partial charge on any atom is -0.469 e. The average Bonchev–Trinajstić information content (AvgIpc) is 2.82. The molecule has 4 nitrogen and oxygen atoms in total. The molecule has 0 aromatic carbocycles. The first kappa shape index (κ1) is 12.6. The Hall–Kier alpha value is -1.84. The van der Waals surface area contributed by atoms with Crippen molar-refractivity contribution < 1.29 is 4.42 Å².